The predicted molar refractivity (Wildman–Crippen MR) is 73.0 cm³/mol. The summed E-state index contributed by atoms with van der Waals surface area (Å²) in [5.41, 5.74) is 1.32. The number of aliphatic imine (C=N–C) groups is 1. The number of carbonyl (C=O) groups excluding carboxylic acids is 1. The van der Waals surface area contributed by atoms with Crippen LogP contribution in [0.1, 0.15) is 31.7 Å². The Morgan fingerprint density at radius 2 is 2.11 bits per heavy atom. The Balaban J connectivity index is 1.73. The van der Waals surface area contributed by atoms with Gasteiger partial charge >= 0.3 is 0 Å². The molecule has 0 aromatic heterocycles. The third-order valence-corrected chi connectivity index (χ3v) is 3.70. The lowest BCUT2D eigenvalue weighted by Gasteiger charge is -2.10. The van der Waals surface area contributed by atoms with E-state index in [9.17, 15) is 4.79 Å². The van der Waals surface area contributed by atoms with Gasteiger partial charge in [0.25, 0.3) is 11.9 Å². The molecule has 1 aromatic carbocycles. The van der Waals surface area contributed by atoms with Crippen molar-refractivity contribution in [3.8, 4) is 0 Å². The summed E-state index contributed by atoms with van der Waals surface area (Å²) >= 11 is 0. The average Bonchev–Trinajstić information content (AvgIpc) is 3.13. The molecule has 1 aliphatic carbocycles. The molecule has 1 saturated heterocycles. The number of rotatable bonds is 3. The third kappa shape index (κ3) is 2.23. The zero-order chi connectivity index (χ0) is 13.4. The average molecular weight is 258 g/mol. The summed E-state index contributed by atoms with van der Waals surface area (Å²) in [5, 5.41) is 0. The lowest BCUT2D eigenvalue weighted by atomic mass is 10.1. The van der Waals surface area contributed by atoms with Crippen LogP contribution in [0.5, 0.6) is 0 Å². The minimum absolute atomic E-state index is 0.0122. The minimum Gasteiger partial charge on any atom is -0.452 e. The van der Waals surface area contributed by atoms with Gasteiger partial charge in [0.1, 0.15) is 0 Å². The van der Waals surface area contributed by atoms with Crippen LogP contribution in [0, 0.1) is 0 Å². The molecule has 4 nitrogen and oxygen atoms in total. The lowest BCUT2D eigenvalue weighted by molar-refractivity contribution is -0.128. The molecule has 0 N–H and O–H groups in total. The first-order chi connectivity index (χ1) is 9.20. The highest BCUT2D eigenvalue weighted by Gasteiger charge is 2.42. The van der Waals surface area contributed by atoms with Gasteiger partial charge in [0, 0.05) is 12.5 Å². The summed E-state index contributed by atoms with van der Waals surface area (Å²) in [5.74, 6) is 0.486. The number of amides is 1. The Labute approximate surface area is 113 Å². The fourth-order valence-electron chi connectivity index (χ4n) is 2.50. The summed E-state index contributed by atoms with van der Waals surface area (Å²) in [7, 11) is 0. The Morgan fingerprint density at radius 1 is 1.37 bits per heavy atom. The van der Waals surface area contributed by atoms with Gasteiger partial charge in [-0.25, -0.2) is 4.99 Å². The number of likely N-dealkylation sites (N-methyl/N-ethyl adjacent to an activating group) is 1. The Bertz CT molecular complexity index is 512. The van der Waals surface area contributed by atoms with E-state index in [1.165, 1.54) is 5.56 Å². The van der Waals surface area contributed by atoms with Gasteiger partial charge in [0.05, 0.1) is 6.04 Å². The van der Waals surface area contributed by atoms with Gasteiger partial charge in [-0.15, -0.1) is 0 Å². The van der Waals surface area contributed by atoms with Crippen molar-refractivity contribution in [1.82, 2.24) is 4.90 Å². The molecule has 3 rings (SSSR count). The highest BCUT2D eigenvalue weighted by Crippen LogP contribution is 2.43. The van der Waals surface area contributed by atoms with Crippen LogP contribution in [0.15, 0.2) is 35.3 Å². The van der Waals surface area contributed by atoms with Crippen molar-refractivity contribution in [2.75, 3.05) is 6.54 Å². The summed E-state index contributed by atoms with van der Waals surface area (Å²) in [6.45, 7) is 4.33. The first kappa shape index (κ1) is 12.2. The van der Waals surface area contributed by atoms with Crippen molar-refractivity contribution in [2.24, 2.45) is 4.99 Å². The van der Waals surface area contributed by atoms with E-state index in [0.29, 0.717) is 18.5 Å². The fourth-order valence-corrected chi connectivity index (χ4v) is 2.50. The van der Waals surface area contributed by atoms with Crippen LogP contribution in [0.2, 0.25) is 0 Å². The van der Waals surface area contributed by atoms with E-state index in [1.54, 1.807) is 11.8 Å². The summed E-state index contributed by atoms with van der Waals surface area (Å²) < 4.78 is 5.54. The molecule has 1 saturated carbocycles. The Morgan fingerprint density at radius 3 is 2.79 bits per heavy atom. The monoisotopic (exact) mass is 258 g/mol. The molecule has 4 heteroatoms. The summed E-state index contributed by atoms with van der Waals surface area (Å²) in [6.07, 6.45) is 0.643. The van der Waals surface area contributed by atoms with Crippen molar-refractivity contribution >= 4 is 11.9 Å². The van der Waals surface area contributed by atoms with E-state index in [4.69, 9.17) is 4.74 Å². The van der Waals surface area contributed by atoms with Crippen molar-refractivity contribution in [1.29, 1.82) is 0 Å². The quantitative estimate of drug-likeness (QED) is 0.833. The normalized spacial score (nSPS) is 31.7. The fraction of sp³-hybridized carbons (Fsp3) is 0.467. The maximum absolute atomic E-state index is 11.8. The first-order valence-electron chi connectivity index (χ1n) is 6.81. The van der Waals surface area contributed by atoms with Gasteiger partial charge in [-0.3, -0.25) is 9.69 Å². The molecule has 0 bridgehead atoms. The Kier molecular flexibility index (Phi) is 3.01. The molecule has 1 heterocycles. The lowest BCUT2D eigenvalue weighted by Crippen LogP contribution is -2.31. The molecule has 3 unspecified atom stereocenters. The van der Waals surface area contributed by atoms with E-state index >= 15 is 0 Å². The molecule has 2 fully saturated rings. The van der Waals surface area contributed by atoms with E-state index in [0.717, 1.165) is 6.42 Å². The van der Waals surface area contributed by atoms with Crippen molar-refractivity contribution in [2.45, 2.75) is 38.3 Å². The smallest absolute Gasteiger partial charge is 0.295 e. The van der Waals surface area contributed by atoms with Gasteiger partial charge < -0.3 is 4.74 Å². The first-order valence-corrected chi connectivity index (χ1v) is 6.81. The van der Waals surface area contributed by atoms with Gasteiger partial charge in [-0.2, -0.15) is 0 Å². The Hall–Kier alpha value is -1.84. The molecule has 3 atom stereocenters. The van der Waals surface area contributed by atoms with Crippen LogP contribution >= 0.6 is 0 Å². The second-order valence-corrected chi connectivity index (χ2v) is 5.07. The number of nitrogens with zero attached hydrogens (tertiary/aromatic N) is 2. The summed E-state index contributed by atoms with van der Waals surface area (Å²) in [6, 6.07) is 11.1. The number of ether oxygens (including phenoxy) is 1. The molecule has 1 aromatic rings. The molecular weight excluding hydrogens is 240 g/mol. The van der Waals surface area contributed by atoms with Crippen molar-refractivity contribution in [3.63, 3.8) is 0 Å². The van der Waals surface area contributed by atoms with E-state index in [2.05, 4.69) is 17.1 Å². The van der Waals surface area contributed by atoms with Crippen molar-refractivity contribution in [3.05, 3.63) is 35.9 Å². The van der Waals surface area contributed by atoms with Crippen LogP contribution < -0.4 is 0 Å². The number of hydrogen-bond acceptors (Lipinski definition) is 3. The number of carbonyl (C=O) groups is 1. The number of hydrogen-bond donors (Lipinski definition) is 0. The highest BCUT2D eigenvalue weighted by atomic mass is 16.5. The van der Waals surface area contributed by atoms with E-state index < -0.39 is 6.10 Å². The maximum atomic E-state index is 11.8. The van der Waals surface area contributed by atoms with Gasteiger partial charge in [-0.1, -0.05) is 30.3 Å². The minimum atomic E-state index is -0.396. The van der Waals surface area contributed by atoms with E-state index in [-0.39, 0.29) is 11.9 Å². The second kappa shape index (κ2) is 4.68. The van der Waals surface area contributed by atoms with Gasteiger partial charge in [0.2, 0.25) is 0 Å². The SMILES string of the molecule is CCN1C(=O)C(C)O/C1=N/C1CC1c1ccccc1. The van der Waals surface area contributed by atoms with Gasteiger partial charge in [0.15, 0.2) is 6.10 Å². The van der Waals surface area contributed by atoms with E-state index in [1.807, 2.05) is 25.1 Å². The van der Waals surface area contributed by atoms with Crippen LogP contribution in [-0.4, -0.2) is 35.5 Å². The second-order valence-electron chi connectivity index (χ2n) is 5.07. The zero-order valence-electron chi connectivity index (χ0n) is 11.2. The predicted octanol–water partition coefficient (Wildman–Crippen LogP) is 2.17. The van der Waals surface area contributed by atoms with Crippen LogP contribution in [0.25, 0.3) is 0 Å². The third-order valence-electron chi connectivity index (χ3n) is 3.70. The molecule has 0 radical (unpaired) electrons. The highest BCUT2D eigenvalue weighted by molar-refractivity contribution is 6.02. The zero-order valence-corrected chi connectivity index (χ0v) is 11.2. The molecular formula is C15H18N2O2. The molecule has 100 valence electrons. The summed E-state index contributed by atoms with van der Waals surface area (Å²) in [4.78, 5) is 18.0. The molecule has 19 heavy (non-hydrogen) atoms. The number of benzene rings is 1. The topological polar surface area (TPSA) is 41.9 Å². The van der Waals surface area contributed by atoms with Crippen molar-refractivity contribution < 1.29 is 9.53 Å². The largest absolute Gasteiger partial charge is 0.452 e. The maximum Gasteiger partial charge on any atom is 0.295 e. The number of amidine groups is 1. The molecule has 1 amide bonds. The molecule has 0 spiro atoms. The molecule has 1 aliphatic heterocycles. The standard InChI is InChI=1S/C15H18N2O2/c1-3-17-14(18)10(2)19-15(17)16-13-9-12(13)11-7-5-4-6-8-11/h4-8,10,12-13H,3,9H2,1-2H3/b16-15+. The van der Waals surface area contributed by atoms with Crippen LogP contribution in [-0.2, 0) is 9.53 Å². The van der Waals surface area contributed by atoms with Crippen LogP contribution in [0.4, 0.5) is 0 Å². The van der Waals surface area contributed by atoms with Crippen LogP contribution in [0.3, 0.4) is 0 Å². The van der Waals surface area contributed by atoms with Gasteiger partial charge in [-0.05, 0) is 25.8 Å². The molecule has 2 aliphatic rings.